The molecule has 3 unspecified atom stereocenters. The molecule has 1 heterocycles. The number of rotatable bonds is 6. The van der Waals surface area contributed by atoms with Crippen LogP contribution in [0.2, 0.25) is 0 Å². The van der Waals surface area contributed by atoms with Crippen LogP contribution >= 0.6 is 11.6 Å². The Morgan fingerprint density at radius 1 is 1.24 bits per heavy atom. The van der Waals surface area contributed by atoms with Gasteiger partial charge in [0.2, 0.25) is 5.91 Å². The molecule has 0 aromatic heterocycles. The van der Waals surface area contributed by atoms with Gasteiger partial charge in [-0.2, -0.15) is 0 Å². The molecular weight excluding hydrogens is 528 g/mol. The van der Waals surface area contributed by atoms with Crippen LogP contribution in [0.3, 0.4) is 0 Å². The molecule has 3 rings (SSSR count). The largest absolute Gasteiger partial charge is 0.572 e. The molecule has 13 heteroatoms. The van der Waals surface area contributed by atoms with E-state index in [0.717, 1.165) is 0 Å². The van der Waals surface area contributed by atoms with Gasteiger partial charge in [-0.3, -0.25) is 14.9 Å². The number of alkyl halides is 6. The molecular formula is C24H28ClF6N3O3. The topological polar surface area (TPSA) is 74.7 Å². The van der Waals surface area contributed by atoms with E-state index in [9.17, 15) is 31.1 Å². The SMILES string of the molecule is CC1C=CC(C2(C)CC=C(NC(=O)C3CCCCN3C(=N)COC(F)(F)F)C=C2Cl)=C(OC(F)(F)F)C1. The molecule has 0 radical (unpaired) electrons. The summed E-state index contributed by atoms with van der Waals surface area (Å²) in [6.07, 6.45) is -1.51. The van der Waals surface area contributed by atoms with Crippen molar-refractivity contribution in [3.05, 3.63) is 46.4 Å². The van der Waals surface area contributed by atoms with Gasteiger partial charge in [-0.15, -0.1) is 26.3 Å². The van der Waals surface area contributed by atoms with Gasteiger partial charge in [0.15, 0.2) is 0 Å². The first-order valence-corrected chi connectivity index (χ1v) is 12.1. The minimum absolute atomic E-state index is 0.0555. The smallest absolute Gasteiger partial charge is 0.410 e. The van der Waals surface area contributed by atoms with Crippen LogP contribution in [0.4, 0.5) is 26.3 Å². The lowest BCUT2D eigenvalue weighted by atomic mass is 9.73. The maximum absolute atomic E-state index is 13.0. The highest BCUT2D eigenvalue weighted by Gasteiger charge is 2.41. The third kappa shape index (κ3) is 7.53. The summed E-state index contributed by atoms with van der Waals surface area (Å²) in [6.45, 7) is 2.67. The zero-order chi connectivity index (χ0) is 27.6. The highest BCUT2D eigenvalue weighted by atomic mass is 35.5. The lowest BCUT2D eigenvalue weighted by Gasteiger charge is -2.38. The Balaban J connectivity index is 1.74. The number of allylic oxidation sites excluding steroid dienone is 7. The van der Waals surface area contributed by atoms with Crippen LogP contribution in [0.25, 0.3) is 0 Å². The van der Waals surface area contributed by atoms with Gasteiger partial charge in [0.25, 0.3) is 0 Å². The molecule has 0 aromatic carbocycles. The van der Waals surface area contributed by atoms with E-state index in [1.54, 1.807) is 32.1 Å². The Morgan fingerprint density at radius 2 is 1.95 bits per heavy atom. The van der Waals surface area contributed by atoms with Gasteiger partial charge in [-0.1, -0.05) is 43.7 Å². The predicted molar refractivity (Wildman–Crippen MR) is 124 cm³/mol. The molecule has 1 aliphatic heterocycles. The molecule has 206 valence electrons. The number of amidine groups is 1. The molecule has 2 N–H and O–H groups in total. The lowest BCUT2D eigenvalue weighted by molar-refractivity contribution is -0.318. The molecule has 0 saturated carbocycles. The standard InChI is InChI=1S/C24H28ClF6N3O3/c1-14-6-7-16(18(11-14)37-24(29,30)31)22(2)9-8-15(12-19(22)25)33-21(35)17-5-3-4-10-34(17)20(32)13-36-23(26,27)28/h6-8,12,14,17,32H,3-5,9-11,13H2,1-2H3,(H,33,35). The zero-order valence-electron chi connectivity index (χ0n) is 20.2. The van der Waals surface area contributed by atoms with E-state index in [1.165, 1.54) is 11.0 Å². The van der Waals surface area contributed by atoms with Crippen molar-refractivity contribution >= 4 is 23.3 Å². The van der Waals surface area contributed by atoms with Crippen LogP contribution in [0.5, 0.6) is 0 Å². The Labute approximate surface area is 215 Å². The summed E-state index contributed by atoms with van der Waals surface area (Å²) in [6, 6.07) is -0.878. The number of carbonyl (C=O) groups is 1. The maximum atomic E-state index is 13.0. The van der Waals surface area contributed by atoms with Crippen molar-refractivity contribution in [3.63, 3.8) is 0 Å². The van der Waals surface area contributed by atoms with E-state index in [0.29, 0.717) is 30.5 Å². The number of hydrogen-bond acceptors (Lipinski definition) is 4. The minimum Gasteiger partial charge on any atom is -0.410 e. The first-order valence-electron chi connectivity index (χ1n) is 11.7. The normalized spacial score (nSPS) is 27.0. The van der Waals surface area contributed by atoms with Crippen LogP contribution in [0, 0.1) is 16.7 Å². The molecule has 0 bridgehead atoms. The quantitative estimate of drug-likeness (QED) is 0.230. The van der Waals surface area contributed by atoms with Crippen molar-refractivity contribution in [1.29, 1.82) is 5.41 Å². The monoisotopic (exact) mass is 555 g/mol. The van der Waals surface area contributed by atoms with E-state index >= 15 is 0 Å². The fraction of sp³-hybridized carbons (Fsp3) is 0.583. The number of hydrogen-bond donors (Lipinski definition) is 2. The Morgan fingerprint density at radius 3 is 2.57 bits per heavy atom. The Kier molecular flexibility index (Phi) is 8.73. The molecule has 1 saturated heterocycles. The highest BCUT2D eigenvalue weighted by Crippen LogP contribution is 2.49. The van der Waals surface area contributed by atoms with Crippen molar-refractivity contribution in [2.24, 2.45) is 11.3 Å². The number of carbonyl (C=O) groups excluding carboxylic acids is 1. The van der Waals surface area contributed by atoms with Gasteiger partial charge >= 0.3 is 12.7 Å². The van der Waals surface area contributed by atoms with Crippen LogP contribution < -0.4 is 5.32 Å². The van der Waals surface area contributed by atoms with Crippen molar-refractivity contribution in [2.45, 2.75) is 64.7 Å². The van der Waals surface area contributed by atoms with Crippen molar-refractivity contribution < 1.29 is 40.6 Å². The number of nitrogens with one attached hydrogen (secondary N) is 2. The second kappa shape index (κ2) is 11.1. The number of amides is 1. The van der Waals surface area contributed by atoms with Gasteiger partial charge in [0, 0.05) is 34.7 Å². The van der Waals surface area contributed by atoms with Crippen LogP contribution in [-0.4, -0.2) is 48.6 Å². The van der Waals surface area contributed by atoms with E-state index in [2.05, 4.69) is 14.8 Å². The van der Waals surface area contributed by atoms with Crippen molar-refractivity contribution in [2.75, 3.05) is 13.2 Å². The fourth-order valence-electron chi connectivity index (χ4n) is 4.63. The third-order valence-electron chi connectivity index (χ3n) is 6.56. The molecule has 2 aliphatic carbocycles. The van der Waals surface area contributed by atoms with Gasteiger partial charge in [0.05, 0.1) is 0 Å². The fourth-order valence-corrected chi connectivity index (χ4v) is 4.93. The number of nitrogens with zero attached hydrogens (tertiary/aromatic N) is 1. The summed E-state index contributed by atoms with van der Waals surface area (Å²) in [5, 5.41) is 10.8. The number of piperidine rings is 1. The van der Waals surface area contributed by atoms with E-state index in [-0.39, 0.29) is 36.1 Å². The summed E-state index contributed by atoms with van der Waals surface area (Å²) in [5.41, 5.74) is -0.425. The van der Waals surface area contributed by atoms with Crippen molar-refractivity contribution in [1.82, 2.24) is 10.2 Å². The third-order valence-corrected chi connectivity index (χ3v) is 7.09. The van der Waals surface area contributed by atoms with E-state index < -0.39 is 42.5 Å². The first kappa shape index (κ1) is 29.1. The lowest BCUT2D eigenvalue weighted by Crippen LogP contribution is -2.52. The molecule has 0 aromatic rings. The molecule has 3 atom stereocenters. The molecule has 3 aliphatic rings. The van der Waals surface area contributed by atoms with E-state index in [4.69, 9.17) is 17.0 Å². The van der Waals surface area contributed by atoms with Crippen LogP contribution in [0.15, 0.2) is 46.4 Å². The zero-order valence-corrected chi connectivity index (χ0v) is 21.0. The summed E-state index contributed by atoms with van der Waals surface area (Å²) < 4.78 is 84.3. The Bertz CT molecular complexity index is 1030. The number of ether oxygens (including phenoxy) is 2. The second-order valence-electron chi connectivity index (χ2n) is 9.49. The molecule has 37 heavy (non-hydrogen) atoms. The highest BCUT2D eigenvalue weighted by molar-refractivity contribution is 6.31. The first-order chi connectivity index (χ1) is 17.1. The average molecular weight is 556 g/mol. The van der Waals surface area contributed by atoms with Gasteiger partial charge < -0.3 is 15.0 Å². The van der Waals surface area contributed by atoms with Gasteiger partial charge in [-0.25, -0.2) is 0 Å². The van der Waals surface area contributed by atoms with Crippen LogP contribution in [0.1, 0.15) is 46.0 Å². The van der Waals surface area contributed by atoms with Gasteiger partial charge in [-0.05, 0) is 37.7 Å². The summed E-state index contributed by atoms with van der Waals surface area (Å²) >= 11 is 6.55. The molecule has 6 nitrogen and oxygen atoms in total. The van der Waals surface area contributed by atoms with Crippen molar-refractivity contribution in [3.8, 4) is 0 Å². The molecule has 0 spiro atoms. The maximum Gasteiger partial charge on any atom is 0.572 e. The van der Waals surface area contributed by atoms with Crippen LogP contribution in [-0.2, 0) is 14.3 Å². The molecule has 1 amide bonds. The number of halogens is 7. The summed E-state index contributed by atoms with van der Waals surface area (Å²) in [5.74, 6) is -1.35. The average Bonchev–Trinajstić information content (AvgIpc) is 2.78. The molecule has 1 fully saturated rings. The predicted octanol–water partition coefficient (Wildman–Crippen LogP) is 6.27. The Hall–Kier alpha value is -2.47. The number of likely N-dealkylation sites (tertiary alicyclic amines) is 1. The summed E-state index contributed by atoms with van der Waals surface area (Å²) in [7, 11) is 0. The minimum atomic E-state index is -4.90. The summed E-state index contributed by atoms with van der Waals surface area (Å²) in [4.78, 5) is 14.3. The van der Waals surface area contributed by atoms with Gasteiger partial charge in [0.1, 0.15) is 24.2 Å². The van der Waals surface area contributed by atoms with E-state index in [1.807, 2.05) is 0 Å². The second-order valence-corrected chi connectivity index (χ2v) is 9.90.